The van der Waals surface area contributed by atoms with Gasteiger partial charge in [-0.15, -0.1) is 0 Å². The van der Waals surface area contributed by atoms with Crippen LogP contribution in [0, 0.1) is 5.92 Å². The number of nitrogens with zero attached hydrogens (tertiary/aromatic N) is 1. The average Bonchev–Trinajstić information content (AvgIpc) is 3.00. The second-order valence-electron chi connectivity index (χ2n) is 6.44. The first-order chi connectivity index (χ1) is 10.6. The summed E-state index contributed by atoms with van der Waals surface area (Å²) >= 11 is 0. The maximum absolute atomic E-state index is 12.7. The Morgan fingerprint density at radius 1 is 1.14 bits per heavy atom. The molecule has 1 N–H and O–H groups in total. The average molecular weight is 302 g/mol. The largest absolute Gasteiger partial charge is 0.344 e. The highest BCUT2D eigenvalue weighted by atomic mass is 16.2. The molecule has 1 aliphatic rings. The summed E-state index contributed by atoms with van der Waals surface area (Å²) in [7, 11) is 0. The van der Waals surface area contributed by atoms with Crippen molar-refractivity contribution in [3.05, 3.63) is 35.9 Å². The highest BCUT2D eigenvalue weighted by Crippen LogP contribution is 2.12. The van der Waals surface area contributed by atoms with Gasteiger partial charge in [0.15, 0.2) is 0 Å². The third-order valence-electron chi connectivity index (χ3n) is 3.93. The van der Waals surface area contributed by atoms with Crippen molar-refractivity contribution in [3.63, 3.8) is 0 Å². The quantitative estimate of drug-likeness (QED) is 0.877. The number of hydrogen-bond donors (Lipinski definition) is 1. The van der Waals surface area contributed by atoms with Crippen molar-refractivity contribution in [1.82, 2.24) is 10.2 Å². The highest BCUT2D eigenvalue weighted by Gasteiger charge is 2.27. The molecule has 4 nitrogen and oxygen atoms in total. The Morgan fingerprint density at radius 3 is 2.36 bits per heavy atom. The number of carbonyl (C=O) groups excluding carboxylic acids is 2. The minimum atomic E-state index is -0.452. The van der Waals surface area contributed by atoms with E-state index in [1.807, 2.05) is 49.1 Å². The van der Waals surface area contributed by atoms with Crippen molar-refractivity contribution in [2.45, 2.75) is 45.6 Å². The van der Waals surface area contributed by atoms with E-state index in [2.05, 4.69) is 5.32 Å². The van der Waals surface area contributed by atoms with Crippen LogP contribution in [0.25, 0.3) is 0 Å². The van der Waals surface area contributed by atoms with E-state index >= 15 is 0 Å². The van der Waals surface area contributed by atoms with Gasteiger partial charge >= 0.3 is 0 Å². The van der Waals surface area contributed by atoms with Crippen molar-refractivity contribution < 1.29 is 9.59 Å². The molecule has 1 atom stereocenters. The fourth-order valence-corrected chi connectivity index (χ4v) is 2.83. The topological polar surface area (TPSA) is 49.4 Å². The van der Waals surface area contributed by atoms with Gasteiger partial charge in [-0.25, -0.2) is 0 Å². The lowest BCUT2D eigenvalue weighted by Gasteiger charge is -2.24. The van der Waals surface area contributed by atoms with Crippen molar-refractivity contribution in [2.24, 2.45) is 5.92 Å². The van der Waals surface area contributed by atoms with Crippen molar-refractivity contribution in [3.8, 4) is 0 Å². The van der Waals surface area contributed by atoms with E-state index in [-0.39, 0.29) is 11.8 Å². The summed E-state index contributed by atoms with van der Waals surface area (Å²) in [5.74, 6) is 0.307. The van der Waals surface area contributed by atoms with Gasteiger partial charge in [0.2, 0.25) is 11.8 Å². The van der Waals surface area contributed by atoms with Gasteiger partial charge in [-0.3, -0.25) is 9.59 Å². The first kappa shape index (κ1) is 16.5. The molecule has 2 amide bonds. The van der Waals surface area contributed by atoms with Crippen LogP contribution in [0.1, 0.15) is 38.7 Å². The van der Waals surface area contributed by atoms with Crippen molar-refractivity contribution >= 4 is 11.8 Å². The molecule has 1 heterocycles. The number of nitrogens with one attached hydrogen (secondary N) is 1. The van der Waals surface area contributed by atoms with E-state index in [1.165, 1.54) is 0 Å². The normalized spacial score (nSPS) is 15.9. The van der Waals surface area contributed by atoms with Gasteiger partial charge in [0.05, 0.1) is 0 Å². The van der Waals surface area contributed by atoms with E-state index in [1.54, 1.807) is 0 Å². The lowest BCUT2D eigenvalue weighted by atomic mass is 10.0. The van der Waals surface area contributed by atoms with Crippen LogP contribution in [-0.4, -0.2) is 35.8 Å². The molecule has 4 heteroatoms. The molecule has 1 unspecified atom stereocenters. The van der Waals surface area contributed by atoms with Gasteiger partial charge in [-0.1, -0.05) is 44.2 Å². The number of carbonyl (C=O) groups is 2. The monoisotopic (exact) mass is 302 g/mol. The second kappa shape index (κ2) is 7.97. The molecular formula is C18H26N2O2. The van der Waals surface area contributed by atoms with Gasteiger partial charge in [0.1, 0.15) is 6.04 Å². The molecule has 1 fully saturated rings. The molecule has 1 aliphatic heterocycles. The molecule has 22 heavy (non-hydrogen) atoms. The maximum atomic E-state index is 12.7. The lowest BCUT2D eigenvalue weighted by Crippen LogP contribution is -2.49. The molecule has 0 aliphatic carbocycles. The molecule has 0 saturated carbocycles. The highest BCUT2D eigenvalue weighted by molar-refractivity contribution is 5.88. The minimum Gasteiger partial charge on any atom is -0.344 e. The van der Waals surface area contributed by atoms with Crippen LogP contribution in [-0.2, 0) is 16.0 Å². The summed E-state index contributed by atoms with van der Waals surface area (Å²) < 4.78 is 0. The van der Waals surface area contributed by atoms with Crippen LogP contribution in [0.2, 0.25) is 0 Å². The maximum Gasteiger partial charge on any atom is 0.245 e. The third-order valence-corrected chi connectivity index (χ3v) is 3.93. The molecular weight excluding hydrogens is 276 g/mol. The third kappa shape index (κ3) is 4.86. The Bertz CT molecular complexity index is 493. The molecule has 0 bridgehead atoms. The van der Waals surface area contributed by atoms with E-state index in [4.69, 9.17) is 0 Å². The van der Waals surface area contributed by atoms with E-state index in [0.29, 0.717) is 18.8 Å². The van der Waals surface area contributed by atoms with E-state index in [0.717, 1.165) is 31.5 Å². The van der Waals surface area contributed by atoms with Crippen LogP contribution >= 0.6 is 0 Å². The van der Waals surface area contributed by atoms with Gasteiger partial charge < -0.3 is 10.2 Å². The summed E-state index contributed by atoms with van der Waals surface area (Å²) in [5.41, 5.74) is 1.07. The summed E-state index contributed by atoms with van der Waals surface area (Å²) in [6.07, 6.45) is 3.13. The number of likely N-dealkylation sites (tertiary alicyclic amines) is 1. The molecule has 0 aromatic heterocycles. The Morgan fingerprint density at radius 2 is 1.77 bits per heavy atom. The number of amides is 2. The molecule has 1 saturated heterocycles. The van der Waals surface area contributed by atoms with Crippen LogP contribution < -0.4 is 5.32 Å². The van der Waals surface area contributed by atoms with Gasteiger partial charge in [-0.05, 0) is 24.3 Å². The Labute approximate surface area is 132 Å². The molecule has 0 spiro atoms. The summed E-state index contributed by atoms with van der Waals surface area (Å²) in [6, 6.07) is 9.42. The fourth-order valence-electron chi connectivity index (χ4n) is 2.83. The summed E-state index contributed by atoms with van der Waals surface area (Å²) in [5, 5.41) is 2.94. The van der Waals surface area contributed by atoms with Gasteiger partial charge in [-0.2, -0.15) is 0 Å². The lowest BCUT2D eigenvalue weighted by molar-refractivity contribution is -0.135. The van der Waals surface area contributed by atoms with E-state index in [9.17, 15) is 9.59 Å². The number of hydrogen-bond acceptors (Lipinski definition) is 2. The Kier molecular flexibility index (Phi) is 5.99. The first-order valence-electron chi connectivity index (χ1n) is 8.18. The minimum absolute atomic E-state index is 0.0384. The molecule has 1 aromatic rings. The smallest absolute Gasteiger partial charge is 0.245 e. The summed E-state index contributed by atoms with van der Waals surface area (Å²) in [4.78, 5) is 26.7. The molecule has 2 rings (SSSR count). The second-order valence-corrected chi connectivity index (χ2v) is 6.44. The fraction of sp³-hybridized carbons (Fsp3) is 0.556. The van der Waals surface area contributed by atoms with Gasteiger partial charge in [0, 0.05) is 25.9 Å². The van der Waals surface area contributed by atoms with Crippen LogP contribution in [0.15, 0.2) is 30.3 Å². The zero-order valence-electron chi connectivity index (χ0n) is 13.5. The van der Waals surface area contributed by atoms with Crippen LogP contribution in [0.3, 0.4) is 0 Å². The number of benzene rings is 1. The SMILES string of the molecule is CC(C)CC(=O)NC(Cc1ccccc1)C(=O)N1CCCC1. The molecule has 1 aromatic carbocycles. The van der Waals surface area contributed by atoms with Crippen LogP contribution in [0.4, 0.5) is 0 Å². The zero-order valence-corrected chi connectivity index (χ0v) is 13.5. The van der Waals surface area contributed by atoms with E-state index < -0.39 is 6.04 Å². The predicted octanol–water partition coefficient (Wildman–Crippen LogP) is 2.38. The standard InChI is InChI=1S/C18H26N2O2/c1-14(2)12-17(21)19-16(13-15-8-4-3-5-9-15)18(22)20-10-6-7-11-20/h3-5,8-9,14,16H,6-7,10-13H2,1-2H3,(H,19,21). The molecule has 120 valence electrons. The van der Waals surface area contributed by atoms with Crippen LogP contribution in [0.5, 0.6) is 0 Å². The number of rotatable bonds is 6. The molecule has 0 radical (unpaired) electrons. The predicted molar refractivity (Wildman–Crippen MR) is 87.3 cm³/mol. The Balaban J connectivity index is 2.05. The summed E-state index contributed by atoms with van der Waals surface area (Å²) in [6.45, 7) is 5.64. The van der Waals surface area contributed by atoms with Crippen molar-refractivity contribution in [1.29, 1.82) is 0 Å². The first-order valence-corrected chi connectivity index (χ1v) is 8.18. The zero-order chi connectivity index (χ0) is 15.9. The van der Waals surface area contributed by atoms with Gasteiger partial charge in [0.25, 0.3) is 0 Å². The Hall–Kier alpha value is -1.84. The van der Waals surface area contributed by atoms with Crippen molar-refractivity contribution in [2.75, 3.05) is 13.1 Å².